The second-order valence-corrected chi connectivity index (χ2v) is 3.25. The number of esters is 1. The molecule has 1 rings (SSSR count). The van der Waals surface area contributed by atoms with E-state index in [1.54, 1.807) is 30.6 Å². The average Bonchev–Trinajstić information content (AvgIpc) is 2.26. The van der Waals surface area contributed by atoms with Gasteiger partial charge in [0.15, 0.2) is 0 Å². The third kappa shape index (κ3) is 3.42. The van der Waals surface area contributed by atoms with Crippen LogP contribution in [0, 0.1) is 0 Å². The fraction of sp³-hybridized carbons (Fsp3) is 0.273. The lowest BCUT2D eigenvalue weighted by molar-refractivity contribution is 0.0601. The number of aliphatic imine (C=N–C) groups is 1. The number of rotatable bonds is 3. The maximum atomic E-state index is 11.1. The van der Waals surface area contributed by atoms with Gasteiger partial charge in [-0.3, -0.25) is 0 Å². The van der Waals surface area contributed by atoms with Crippen LogP contribution in [0.25, 0.3) is 0 Å². The Kier molecular flexibility index (Phi) is 3.85. The van der Waals surface area contributed by atoms with Crippen LogP contribution >= 0.6 is 0 Å². The Morgan fingerprint density at radius 3 is 2.40 bits per heavy atom. The molecule has 15 heavy (non-hydrogen) atoms. The van der Waals surface area contributed by atoms with Gasteiger partial charge in [0.05, 0.1) is 24.7 Å². The number of hydrogen-bond donors (Lipinski definition) is 0. The molecule has 0 N–H and O–H groups in total. The van der Waals surface area contributed by atoms with Gasteiger partial charge in [-0.15, -0.1) is 0 Å². The van der Waals surface area contributed by atoms with Gasteiger partial charge < -0.3 is 9.64 Å². The number of hydrogen-bond acceptors (Lipinski definition) is 3. The van der Waals surface area contributed by atoms with Crippen molar-refractivity contribution in [2.75, 3.05) is 21.2 Å². The van der Waals surface area contributed by atoms with Crippen molar-refractivity contribution in [2.45, 2.75) is 0 Å². The maximum Gasteiger partial charge on any atom is 0.337 e. The molecular formula is C11H14N2O2. The average molecular weight is 206 g/mol. The predicted octanol–water partition coefficient (Wildman–Crippen LogP) is 1.69. The molecule has 1 aromatic rings. The lowest BCUT2D eigenvalue weighted by Gasteiger charge is -2.02. The van der Waals surface area contributed by atoms with Gasteiger partial charge >= 0.3 is 5.97 Å². The summed E-state index contributed by atoms with van der Waals surface area (Å²) in [5.41, 5.74) is 1.33. The van der Waals surface area contributed by atoms with E-state index in [0.717, 1.165) is 5.69 Å². The molecular weight excluding hydrogens is 192 g/mol. The molecule has 0 aliphatic heterocycles. The minimum Gasteiger partial charge on any atom is -0.465 e. The SMILES string of the molecule is COC(=O)c1ccc(N=CN(C)C)cc1. The molecule has 0 aliphatic carbocycles. The number of carbonyl (C=O) groups excluding carboxylic acids is 1. The van der Waals surface area contributed by atoms with E-state index >= 15 is 0 Å². The number of carbonyl (C=O) groups is 1. The zero-order valence-electron chi connectivity index (χ0n) is 9.10. The van der Waals surface area contributed by atoms with Crippen molar-refractivity contribution in [3.05, 3.63) is 29.8 Å². The van der Waals surface area contributed by atoms with Crippen LogP contribution < -0.4 is 0 Å². The number of ether oxygens (including phenoxy) is 1. The first kappa shape index (κ1) is 11.2. The second kappa shape index (κ2) is 5.14. The van der Waals surface area contributed by atoms with Crippen molar-refractivity contribution in [2.24, 2.45) is 4.99 Å². The zero-order valence-corrected chi connectivity index (χ0v) is 9.10. The molecule has 0 aliphatic rings. The van der Waals surface area contributed by atoms with E-state index in [9.17, 15) is 4.79 Å². The summed E-state index contributed by atoms with van der Waals surface area (Å²) in [6.07, 6.45) is 1.70. The molecule has 0 saturated carbocycles. The molecule has 0 bridgehead atoms. The van der Waals surface area contributed by atoms with Crippen LogP contribution in [0.5, 0.6) is 0 Å². The van der Waals surface area contributed by atoms with E-state index in [1.165, 1.54) is 7.11 Å². The first-order chi connectivity index (χ1) is 7.13. The monoisotopic (exact) mass is 206 g/mol. The molecule has 0 heterocycles. The second-order valence-electron chi connectivity index (χ2n) is 3.25. The van der Waals surface area contributed by atoms with Gasteiger partial charge in [-0.05, 0) is 24.3 Å². The molecule has 0 amide bonds. The molecule has 1 aromatic carbocycles. The molecule has 0 unspecified atom stereocenters. The molecule has 0 aromatic heterocycles. The van der Waals surface area contributed by atoms with Crippen LogP contribution in [0.4, 0.5) is 5.69 Å². The molecule has 0 fully saturated rings. The van der Waals surface area contributed by atoms with Crippen LogP contribution in [0.2, 0.25) is 0 Å². The van der Waals surface area contributed by atoms with Crippen molar-refractivity contribution in [1.82, 2.24) is 4.90 Å². The highest BCUT2D eigenvalue weighted by Gasteiger charge is 2.03. The van der Waals surface area contributed by atoms with Gasteiger partial charge in [0, 0.05) is 14.1 Å². The molecule has 0 spiro atoms. The van der Waals surface area contributed by atoms with E-state index in [2.05, 4.69) is 9.73 Å². The van der Waals surface area contributed by atoms with Gasteiger partial charge in [0.25, 0.3) is 0 Å². The highest BCUT2D eigenvalue weighted by atomic mass is 16.5. The fourth-order valence-corrected chi connectivity index (χ4v) is 0.984. The van der Waals surface area contributed by atoms with Crippen molar-refractivity contribution >= 4 is 18.0 Å². The van der Waals surface area contributed by atoms with Crippen molar-refractivity contribution in [3.63, 3.8) is 0 Å². The number of methoxy groups -OCH3 is 1. The topological polar surface area (TPSA) is 41.9 Å². The van der Waals surface area contributed by atoms with Gasteiger partial charge in [0.2, 0.25) is 0 Å². The Morgan fingerprint density at radius 2 is 1.93 bits per heavy atom. The minimum atomic E-state index is -0.335. The van der Waals surface area contributed by atoms with Crippen LogP contribution in [0.3, 0.4) is 0 Å². The maximum absolute atomic E-state index is 11.1. The standard InChI is InChI=1S/C11H14N2O2/c1-13(2)8-12-10-6-4-9(5-7-10)11(14)15-3/h4-8H,1-3H3. The van der Waals surface area contributed by atoms with E-state index in [0.29, 0.717) is 5.56 Å². The third-order valence-corrected chi connectivity index (χ3v) is 1.73. The summed E-state index contributed by atoms with van der Waals surface area (Å²) in [4.78, 5) is 17.1. The third-order valence-electron chi connectivity index (χ3n) is 1.73. The van der Waals surface area contributed by atoms with Gasteiger partial charge in [-0.2, -0.15) is 0 Å². The van der Waals surface area contributed by atoms with E-state index in [4.69, 9.17) is 0 Å². The predicted molar refractivity (Wildman–Crippen MR) is 59.6 cm³/mol. The molecule has 0 saturated heterocycles. The van der Waals surface area contributed by atoms with Crippen LogP contribution in [-0.4, -0.2) is 38.4 Å². The van der Waals surface area contributed by atoms with Gasteiger partial charge in [-0.1, -0.05) is 0 Å². The molecule has 4 nitrogen and oxygen atoms in total. The first-order valence-corrected chi connectivity index (χ1v) is 4.52. The fourth-order valence-electron chi connectivity index (χ4n) is 0.984. The number of benzene rings is 1. The van der Waals surface area contributed by atoms with E-state index in [1.807, 2.05) is 19.0 Å². The Morgan fingerprint density at radius 1 is 1.33 bits per heavy atom. The Labute approximate surface area is 89.2 Å². The summed E-state index contributed by atoms with van der Waals surface area (Å²) in [5, 5.41) is 0. The van der Waals surface area contributed by atoms with Crippen molar-refractivity contribution < 1.29 is 9.53 Å². The van der Waals surface area contributed by atoms with Gasteiger partial charge in [-0.25, -0.2) is 9.79 Å². The van der Waals surface area contributed by atoms with E-state index < -0.39 is 0 Å². The molecule has 4 heteroatoms. The lowest BCUT2D eigenvalue weighted by Crippen LogP contribution is -2.07. The summed E-state index contributed by atoms with van der Waals surface area (Å²) in [7, 11) is 5.15. The number of nitrogens with zero attached hydrogens (tertiary/aromatic N) is 2. The quantitative estimate of drug-likeness (QED) is 0.429. The summed E-state index contributed by atoms with van der Waals surface area (Å²) in [6, 6.07) is 6.92. The summed E-state index contributed by atoms with van der Waals surface area (Å²) >= 11 is 0. The Bertz CT molecular complexity index is 355. The van der Waals surface area contributed by atoms with Crippen LogP contribution in [0.15, 0.2) is 29.3 Å². The highest BCUT2D eigenvalue weighted by Crippen LogP contribution is 2.12. The van der Waals surface area contributed by atoms with Crippen LogP contribution in [0.1, 0.15) is 10.4 Å². The van der Waals surface area contributed by atoms with Gasteiger partial charge in [0.1, 0.15) is 0 Å². The Hall–Kier alpha value is -1.84. The Balaban J connectivity index is 2.77. The highest BCUT2D eigenvalue weighted by molar-refractivity contribution is 5.89. The van der Waals surface area contributed by atoms with Crippen molar-refractivity contribution in [1.29, 1.82) is 0 Å². The molecule has 80 valence electrons. The largest absolute Gasteiger partial charge is 0.465 e. The summed E-state index contributed by atoms with van der Waals surface area (Å²) < 4.78 is 4.59. The molecule has 0 atom stereocenters. The van der Waals surface area contributed by atoms with Crippen molar-refractivity contribution in [3.8, 4) is 0 Å². The summed E-state index contributed by atoms with van der Waals surface area (Å²) in [5.74, 6) is -0.335. The lowest BCUT2D eigenvalue weighted by atomic mass is 10.2. The van der Waals surface area contributed by atoms with Crippen LogP contribution in [-0.2, 0) is 4.74 Å². The first-order valence-electron chi connectivity index (χ1n) is 4.52. The smallest absolute Gasteiger partial charge is 0.337 e. The summed E-state index contributed by atoms with van der Waals surface area (Å²) in [6.45, 7) is 0. The zero-order chi connectivity index (χ0) is 11.3. The normalized spacial score (nSPS) is 10.3. The molecule has 0 radical (unpaired) electrons. The minimum absolute atomic E-state index is 0.335. The van der Waals surface area contributed by atoms with E-state index in [-0.39, 0.29) is 5.97 Å².